The Labute approximate surface area is 130 Å². The van der Waals surface area contributed by atoms with Gasteiger partial charge in [-0.15, -0.1) is 0 Å². The van der Waals surface area contributed by atoms with Crippen LogP contribution in [0.15, 0.2) is 35.4 Å². The Kier molecular flexibility index (Phi) is 3.26. The topological polar surface area (TPSA) is 46.7 Å². The maximum atomic E-state index is 12.9. The molecule has 3 nitrogen and oxygen atoms in total. The molecule has 0 bridgehead atoms. The van der Waals surface area contributed by atoms with Crippen LogP contribution in [-0.4, -0.2) is 23.8 Å². The van der Waals surface area contributed by atoms with Gasteiger partial charge in [-0.2, -0.15) is 0 Å². The minimum absolute atomic E-state index is 0.0413. The zero-order valence-electron chi connectivity index (χ0n) is 12.8. The molecule has 0 amide bonds. The normalized spacial score (nSPS) is 29.0. The first-order valence-electron chi connectivity index (χ1n) is 8.29. The Bertz CT molecular complexity index is 686. The van der Waals surface area contributed by atoms with Crippen LogP contribution in [0.5, 0.6) is 0 Å². The van der Waals surface area contributed by atoms with Gasteiger partial charge in [0.1, 0.15) is 0 Å². The molecule has 0 aromatic heterocycles. The molecular weight excluding hydrogens is 276 g/mol. The average molecular weight is 296 g/mol. The summed E-state index contributed by atoms with van der Waals surface area (Å²) >= 11 is 0. The Morgan fingerprint density at radius 3 is 2.55 bits per heavy atom. The predicted octanol–water partition coefficient (Wildman–Crippen LogP) is 3.73. The number of fused-ring (bicyclic) bond motifs is 2. The van der Waals surface area contributed by atoms with Crippen molar-refractivity contribution in [3.8, 4) is 0 Å². The lowest BCUT2D eigenvalue weighted by Crippen LogP contribution is -2.32. The van der Waals surface area contributed by atoms with Gasteiger partial charge in [-0.1, -0.05) is 50.5 Å². The lowest BCUT2D eigenvalue weighted by molar-refractivity contribution is 0.0956. The summed E-state index contributed by atoms with van der Waals surface area (Å²) in [4.78, 5) is 25.7. The monoisotopic (exact) mass is 296 g/mol. The molecule has 3 atom stereocenters. The SMILES string of the molecule is CCCCCC1C2=C(CC3OC31)C(=O)c1ccccc1C2=O. The number of benzene rings is 1. The molecule has 1 heterocycles. The molecule has 3 aliphatic rings. The van der Waals surface area contributed by atoms with E-state index in [0.717, 1.165) is 36.8 Å². The zero-order valence-corrected chi connectivity index (χ0v) is 12.8. The van der Waals surface area contributed by atoms with E-state index in [1.807, 2.05) is 12.1 Å². The first-order valence-corrected chi connectivity index (χ1v) is 8.29. The summed E-state index contributed by atoms with van der Waals surface area (Å²) in [6, 6.07) is 7.21. The second-order valence-electron chi connectivity index (χ2n) is 6.54. The number of carbonyl (C=O) groups is 2. The number of ether oxygens (including phenoxy) is 1. The summed E-state index contributed by atoms with van der Waals surface area (Å²) in [5.41, 5.74) is 2.63. The Morgan fingerprint density at radius 1 is 1.09 bits per heavy atom. The van der Waals surface area contributed by atoms with Crippen molar-refractivity contribution in [3.05, 3.63) is 46.5 Å². The number of ketones is 2. The van der Waals surface area contributed by atoms with Gasteiger partial charge < -0.3 is 4.74 Å². The second kappa shape index (κ2) is 5.17. The van der Waals surface area contributed by atoms with Crippen LogP contribution < -0.4 is 0 Å². The highest BCUT2D eigenvalue weighted by Gasteiger charge is 2.54. The Balaban J connectivity index is 1.73. The fourth-order valence-corrected chi connectivity index (χ4v) is 4.00. The van der Waals surface area contributed by atoms with Gasteiger partial charge in [0.25, 0.3) is 0 Å². The molecule has 114 valence electrons. The van der Waals surface area contributed by atoms with Gasteiger partial charge in [-0.05, 0) is 6.42 Å². The highest BCUT2D eigenvalue weighted by atomic mass is 16.6. The highest BCUT2D eigenvalue weighted by Crippen LogP contribution is 2.49. The lowest BCUT2D eigenvalue weighted by atomic mass is 9.71. The van der Waals surface area contributed by atoms with Gasteiger partial charge >= 0.3 is 0 Å². The third-order valence-electron chi connectivity index (χ3n) is 5.17. The quantitative estimate of drug-likeness (QED) is 0.628. The smallest absolute Gasteiger partial charge is 0.190 e. The standard InChI is InChI=1S/C19H20O3/c1-2-3-4-9-13-16-14(10-15-19(13)22-15)17(20)11-7-5-6-8-12(11)18(16)21/h5-8,13,15,19H,2-4,9-10H2,1H3. The summed E-state index contributed by atoms with van der Waals surface area (Å²) in [6.45, 7) is 2.17. The molecule has 1 aliphatic heterocycles. The second-order valence-corrected chi connectivity index (χ2v) is 6.54. The van der Waals surface area contributed by atoms with Crippen LogP contribution >= 0.6 is 0 Å². The molecule has 22 heavy (non-hydrogen) atoms. The van der Waals surface area contributed by atoms with Crippen molar-refractivity contribution in [2.75, 3.05) is 0 Å². The number of unbranched alkanes of at least 4 members (excludes halogenated alkanes) is 2. The van der Waals surface area contributed by atoms with Crippen molar-refractivity contribution in [1.29, 1.82) is 0 Å². The molecule has 3 unspecified atom stereocenters. The molecule has 2 aliphatic carbocycles. The minimum atomic E-state index is 0.0413. The number of Topliss-reactive ketones (excluding diaryl/α,β-unsaturated/α-hetero) is 2. The van der Waals surface area contributed by atoms with E-state index in [1.165, 1.54) is 0 Å². The maximum absolute atomic E-state index is 12.9. The van der Waals surface area contributed by atoms with Crippen LogP contribution in [0.25, 0.3) is 0 Å². The van der Waals surface area contributed by atoms with Crippen molar-refractivity contribution in [2.24, 2.45) is 5.92 Å². The van der Waals surface area contributed by atoms with E-state index in [-0.39, 0.29) is 29.7 Å². The Hall–Kier alpha value is -1.74. The first kappa shape index (κ1) is 13.9. The molecule has 3 heteroatoms. The lowest BCUT2D eigenvalue weighted by Gasteiger charge is -2.28. The van der Waals surface area contributed by atoms with E-state index < -0.39 is 0 Å². The highest BCUT2D eigenvalue weighted by molar-refractivity contribution is 6.27. The van der Waals surface area contributed by atoms with Crippen molar-refractivity contribution < 1.29 is 14.3 Å². The van der Waals surface area contributed by atoms with E-state index >= 15 is 0 Å². The molecule has 4 rings (SSSR count). The minimum Gasteiger partial charge on any atom is -0.369 e. The van der Waals surface area contributed by atoms with Crippen molar-refractivity contribution >= 4 is 11.6 Å². The number of hydrogen-bond donors (Lipinski definition) is 0. The third kappa shape index (κ3) is 1.99. The van der Waals surface area contributed by atoms with Gasteiger partial charge in [0.2, 0.25) is 0 Å². The fraction of sp³-hybridized carbons (Fsp3) is 0.474. The molecule has 1 aromatic carbocycles. The summed E-state index contributed by atoms with van der Waals surface area (Å²) < 4.78 is 5.76. The van der Waals surface area contributed by atoms with Crippen LogP contribution in [-0.2, 0) is 4.74 Å². The van der Waals surface area contributed by atoms with Crippen LogP contribution in [0.2, 0.25) is 0 Å². The molecule has 1 saturated heterocycles. The van der Waals surface area contributed by atoms with E-state index in [0.29, 0.717) is 17.5 Å². The Morgan fingerprint density at radius 2 is 1.82 bits per heavy atom. The number of carbonyl (C=O) groups excluding carboxylic acids is 2. The molecule has 0 saturated carbocycles. The number of epoxide rings is 1. The van der Waals surface area contributed by atoms with Crippen LogP contribution in [0.3, 0.4) is 0 Å². The van der Waals surface area contributed by atoms with Gasteiger partial charge in [-0.3, -0.25) is 9.59 Å². The third-order valence-corrected chi connectivity index (χ3v) is 5.17. The molecule has 1 aromatic rings. The largest absolute Gasteiger partial charge is 0.369 e. The van der Waals surface area contributed by atoms with E-state index in [2.05, 4.69) is 6.92 Å². The van der Waals surface area contributed by atoms with Crippen LogP contribution in [0, 0.1) is 5.92 Å². The van der Waals surface area contributed by atoms with Crippen molar-refractivity contribution in [2.45, 2.75) is 51.2 Å². The van der Waals surface area contributed by atoms with E-state index in [4.69, 9.17) is 4.74 Å². The van der Waals surface area contributed by atoms with Gasteiger partial charge in [-0.25, -0.2) is 0 Å². The zero-order chi connectivity index (χ0) is 15.3. The fourth-order valence-electron chi connectivity index (χ4n) is 4.00. The van der Waals surface area contributed by atoms with Crippen molar-refractivity contribution in [3.63, 3.8) is 0 Å². The first-order chi connectivity index (χ1) is 10.7. The molecular formula is C19H20O3. The molecule has 0 spiro atoms. The summed E-state index contributed by atoms with van der Waals surface area (Å²) in [5.74, 6) is 0.213. The number of hydrogen-bond acceptors (Lipinski definition) is 3. The van der Waals surface area contributed by atoms with E-state index in [1.54, 1.807) is 12.1 Å². The summed E-state index contributed by atoms with van der Waals surface area (Å²) in [7, 11) is 0. The van der Waals surface area contributed by atoms with Crippen LogP contribution in [0.1, 0.15) is 59.7 Å². The summed E-state index contributed by atoms with van der Waals surface area (Å²) in [6.07, 6.45) is 5.30. The molecule has 0 N–H and O–H groups in total. The van der Waals surface area contributed by atoms with Gasteiger partial charge in [0.15, 0.2) is 11.6 Å². The van der Waals surface area contributed by atoms with Crippen LogP contribution in [0.4, 0.5) is 0 Å². The molecule has 1 fully saturated rings. The summed E-state index contributed by atoms with van der Waals surface area (Å²) in [5, 5.41) is 0. The van der Waals surface area contributed by atoms with Gasteiger partial charge in [0, 0.05) is 34.6 Å². The van der Waals surface area contributed by atoms with E-state index in [9.17, 15) is 9.59 Å². The predicted molar refractivity (Wildman–Crippen MR) is 83.0 cm³/mol. The maximum Gasteiger partial charge on any atom is 0.190 e. The molecule has 0 radical (unpaired) electrons. The van der Waals surface area contributed by atoms with Crippen molar-refractivity contribution in [1.82, 2.24) is 0 Å². The number of rotatable bonds is 4. The average Bonchev–Trinajstić information content (AvgIpc) is 3.31. The van der Waals surface area contributed by atoms with Gasteiger partial charge in [0.05, 0.1) is 12.2 Å².